The SMILES string of the molecule is O=C(Nc1cccc(Cl)c1Br)c1ccccc1. The van der Waals surface area contributed by atoms with Crippen LogP contribution in [0.3, 0.4) is 0 Å². The van der Waals surface area contributed by atoms with Gasteiger partial charge in [-0.3, -0.25) is 4.79 Å². The van der Waals surface area contributed by atoms with Gasteiger partial charge in [0.1, 0.15) is 0 Å². The molecule has 86 valence electrons. The number of anilines is 1. The third-order valence-electron chi connectivity index (χ3n) is 2.24. The summed E-state index contributed by atoms with van der Waals surface area (Å²) < 4.78 is 0.686. The van der Waals surface area contributed by atoms with Crippen molar-refractivity contribution in [2.24, 2.45) is 0 Å². The maximum atomic E-state index is 11.9. The predicted molar refractivity (Wildman–Crippen MR) is 73.5 cm³/mol. The topological polar surface area (TPSA) is 29.1 Å². The summed E-state index contributed by atoms with van der Waals surface area (Å²) in [5.41, 5.74) is 1.27. The molecule has 1 N–H and O–H groups in total. The summed E-state index contributed by atoms with van der Waals surface area (Å²) in [4.78, 5) is 11.9. The summed E-state index contributed by atoms with van der Waals surface area (Å²) >= 11 is 9.28. The largest absolute Gasteiger partial charge is 0.321 e. The van der Waals surface area contributed by atoms with Crippen molar-refractivity contribution in [3.8, 4) is 0 Å². The monoisotopic (exact) mass is 309 g/mol. The van der Waals surface area contributed by atoms with Gasteiger partial charge < -0.3 is 5.32 Å². The first-order valence-electron chi connectivity index (χ1n) is 4.99. The number of hydrogen-bond acceptors (Lipinski definition) is 1. The molecule has 0 aliphatic heterocycles. The van der Waals surface area contributed by atoms with Gasteiger partial charge in [0.15, 0.2) is 0 Å². The van der Waals surface area contributed by atoms with E-state index in [1.807, 2.05) is 18.2 Å². The zero-order valence-corrected chi connectivity index (χ0v) is 11.1. The third kappa shape index (κ3) is 2.87. The molecule has 0 radical (unpaired) electrons. The van der Waals surface area contributed by atoms with Crippen LogP contribution in [0.5, 0.6) is 0 Å². The maximum Gasteiger partial charge on any atom is 0.255 e. The average molecular weight is 311 g/mol. The Balaban J connectivity index is 2.22. The van der Waals surface area contributed by atoms with Crippen molar-refractivity contribution in [3.05, 3.63) is 63.6 Å². The minimum Gasteiger partial charge on any atom is -0.321 e. The van der Waals surface area contributed by atoms with Crippen LogP contribution in [0.4, 0.5) is 5.69 Å². The highest BCUT2D eigenvalue weighted by molar-refractivity contribution is 9.10. The summed E-state index contributed by atoms with van der Waals surface area (Å²) in [5.74, 6) is -0.159. The van der Waals surface area contributed by atoms with Gasteiger partial charge in [-0.25, -0.2) is 0 Å². The Hall–Kier alpha value is -1.32. The summed E-state index contributed by atoms with van der Waals surface area (Å²) in [5, 5.41) is 3.36. The number of hydrogen-bond donors (Lipinski definition) is 1. The molecule has 0 atom stereocenters. The Labute approximate surface area is 113 Å². The van der Waals surface area contributed by atoms with Gasteiger partial charge in [-0.1, -0.05) is 35.9 Å². The zero-order chi connectivity index (χ0) is 12.3. The van der Waals surface area contributed by atoms with Crippen LogP contribution in [0.1, 0.15) is 10.4 Å². The number of nitrogens with one attached hydrogen (secondary N) is 1. The van der Waals surface area contributed by atoms with E-state index in [2.05, 4.69) is 21.2 Å². The Morgan fingerprint density at radius 2 is 1.76 bits per heavy atom. The van der Waals surface area contributed by atoms with Gasteiger partial charge >= 0.3 is 0 Å². The second-order valence-corrected chi connectivity index (χ2v) is 4.62. The summed E-state index contributed by atoms with van der Waals surface area (Å²) in [6, 6.07) is 14.4. The van der Waals surface area contributed by atoms with E-state index in [1.54, 1.807) is 30.3 Å². The molecule has 0 fully saturated rings. The Morgan fingerprint density at radius 3 is 2.47 bits per heavy atom. The molecule has 0 aliphatic carbocycles. The van der Waals surface area contributed by atoms with Gasteiger partial charge in [0, 0.05) is 5.56 Å². The molecule has 0 saturated heterocycles. The summed E-state index contributed by atoms with van der Waals surface area (Å²) in [7, 11) is 0. The molecule has 0 spiro atoms. The van der Waals surface area contributed by atoms with E-state index in [1.165, 1.54) is 0 Å². The van der Waals surface area contributed by atoms with Gasteiger partial charge in [0.2, 0.25) is 0 Å². The lowest BCUT2D eigenvalue weighted by molar-refractivity contribution is 0.102. The third-order valence-corrected chi connectivity index (χ3v) is 3.63. The van der Waals surface area contributed by atoms with Crippen molar-refractivity contribution in [1.82, 2.24) is 0 Å². The molecular formula is C13H9BrClNO. The fourth-order valence-corrected chi connectivity index (χ4v) is 1.92. The van der Waals surface area contributed by atoms with Gasteiger partial charge in [-0.15, -0.1) is 0 Å². The molecule has 0 heterocycles. The van der Waals surface area contributed by atoms with Crippen molar-refractivity contribution in [1.29, 1.82) is 0 Å². The number of carbonyl (C=O) groups excluding carboxylic acids is 1. The van der Waals surface area contributed by atoms with E-state index in [0.29, 0.717) is 20.7 Å². The Bertz CT molecular complexity index is 542. The van der Waals surface area contributed by atoms with Crippen molar-refractivity contribution in [2.45, 2.75) is 0 Å². The smallest absolute Gasteiger partial charge is 0.255 e. The highest BCUT2D eigenvalue weighted by Gasteiger charge is 2.08. The lowest BCUT2D eigenvalue weighted by Crippen LogP contribution is -2.11. The number of carbonyl (C=O) groups is 1. The van der Waals surface area contributed by atoms with E-state index >= 15 is 0 Å². The van der Waals surface area contributed by atoms with Crippen molar-refractivity contribution < 1.29 is 4.79 Å². The molecule has 2 aromatic carbocycles. The van der Waals surface area contributed by atoms with Crippen LogP contribution < -0.4 is 5.32 Å². The van der Waals surface area contributed by atoms with Crippen LogP contribution in [0.2, 0.25) is 5.02 Å². The molecule has 17 heavy (non-hydrogen) atoms. The fraction of sp³-hybridized carbons (Fsp3) is 0. The molecule has 1 amide bonds. The molecule has 4 heteroatoms. The van der Waals surface area contributed by atoms with Gasteiger partial charge in [-0.2, -0.15) is 0 Å². The van der Waals surface area contributed by atoms with Crippen molar-refractivity contribution in [2.75, 3.05) is 5.32 Å². The number of benzene rings is 2. The van der Waals surface area contributed by atoms with E-state index in [4.69, 9.17) is 11.6 Å². The lowest BCUT2D eigenvalue weighted by Gasteiger charge is -2.08. The van der Waals surface area contributed by atoms with Gasteiger partial charge in [0.25, 0.3) is 5.91 Å². The van der Waals surface area contributed by atoms with Crippen LogP contribution in [0, 0.1) is 0 Å². The minimum atomic E-state index is -0.159. The molecule has 0 bridgehead atoms. The standard InChI is InChI=1S/C13H9BrClNO/c14-12-10(15)7-4-8-11(12)16-13(17)9-5-2-1-3-6-9/h1-8H,(H,16,17). The Kier molecular flexibility index (Phi) is 3.82. The van der Waals surface area contributed by atoms with E-state index in [0.717, 1.165) is 0 Å². The van der Waals surface area contributed by atoms with Crippen molar-refractivity contribution in [3.63, 3.8) is 0 Å². The molecule has 0 saturated carbocycles. The van der Waals surface area contributed by atoms with Crippen molar-refractivity contribution >= 4 is 39.1 Å². The van der Waals surface area contributed by atoms with Crippen LogP contribution in [-0.4, -0.2) is 5.91 Å². The molecule has 2 nitrogen and oxygen atoms in total. The molecule has 2 rings (SSSR count). The fourth-order valence-electron chi connectivity index (χ4n) is 1.38. The quantitative estimate of drug-likeness (QED) is 0.877. The highest BCUT2D eigenvalue weighted by Crippen LogP contribution is 2.30. The highest BCUT2D eigenvalue weighted by atomic mass is 79.9. The van der Waals surface area contributed by atoms with Crippen LogP contribution >= 0.6 is 27.5 Å². The Morgan fingerprint density at radius 1 is 1.06 bits per heavy atom. The number of amides is 1. The zero-order valence-electron chi connectivity index (χ0n) is 8.78. The van der Waals surface area contributed by atoms with E-state index in [-0.39, 0.29) is 5.91 Å². The van der Waals surface area contributed by atoms with E-state index < -0.39 is 0 Å². The normalized spacial score (nSPS) is 10.0. The number of rotatable bonds is 2. The van der Waals surface area contributed by atoms with Crippen LogP contribution in [-0.2, 0) is 0 Å². The van der Waals surface area contributed by atoms with E-state index in [9.17, 15) is 4.79 Å². The maximum absolute atomic E-state index is 11.9. The first-order chi connectivity index (χ1) is 8.18. The van der Waals surface area contributed by atoms with Gasteiger partial charge in [-0.05, 0) is 40.2 Å². The summed E-state index contributed by atoms with van der Waals surface area (Å²) in [6.07, 6.45) is 0. The first kappa shape index (κ1) is 12.1. The second kappa shape index (κ2) is 5.34. The lowest BCUT2D eigenvalue weighted by atomic mass is 10.2. The molecule has 0 aliphatic rings. The number of halogens is 2. The summed E-state index contributed by atoms with van der Waals surface area (Å²) in [6.45, 7) is 0. The molecule has 0 aromatic heterocycles. The average Bonchev–Trinajstić information content (AvgIpc) is 2.36. The predicted octanol–water partition coefficient (Wildman–Crippen LogP) is 4.35. The van der Waals surface area contributed by atoms with Crippen LogP contribution in [0.15, 0.2) is 53.0 Å². The molecule has 2 aromatic rings. The van der Waals surface area contributed by atoms with Crippen LogP contribution in [0.25, 0.3) is 0 Å². The molecule has 0 unspecified atom stereocenters. The molecular weight excluding hydrogens is 302 g/mol. The van der Waals surface area contributed by atoms with Gasteiger partial charge in [0.05, 0.1) is 15.2 Å². The first-order valence-corrected chi connectivity index (χ1v) is 6.16. The minimum absolute atomic E-state index is 0.159. The second-order valence-electron chi connectivity index (χ2n) is 3.42.